The minimum Gasteiger partial charge on any atom is -0.308 e. The Hall–Kier alpha value is -0.150. The molecule has 0 unspecified atom stereocenters. The van der Waals surface area contributed by atoms with Crippen LogP contribution in [0.15, 0.2) is 0 Å². The molecule has 3 heteroatoms. The maximum atomic E-state index is 13.3. The van der Waals surface area contributed by atoms with Gasteiger partial charge in [-0.2, -0.15) is 0 Å². The molecule has 1 heterocycles. The van der Waals surface area contributed by atoms with Crippen LogP contribution in [0.3, 0.4) is 0 Å². The monoisotopic (exact) mass is 202 g/mol. The van der Waals surface area contributed by atoms with Crippen molar-refractivity contribution in [3.8, 4) is 0 Å². The first-order valence-corrected chi connectivity index (χ1v) is 5.36. The normalized spacial score (nSPS) is 30.2. The number of rotatable bonds is 2. The zero-order valence-electron chi connectivity index (χ0n) is 10.0. The second-order valence-corrected chi connectivity index (χ2v) is 5.57. The summed E-state index contributed by atoms with van der Waals surface area (Å²) in [6.07, 6.45) is 0.0503. The highest BCUT2D eigenvalue weighted by Gasteiger charge is 2.38. The second-order valence-electron chi connectivity index (χ2n) is 5.57. The molecule has 0 radical (unpaired) electrons. The number of halogens is 1. The molecule has 2 atom stereocenters. The van der Waals surface area contributed by atoms with E-state index in [1.54, 1.807) is 0 Å². The summed E-state index contributed by atoms with van der Waals surface area (Å²) >= 11 is 0. The lowest BCUT2D eigenvalue weighted by atomic mass is 10.0. The van der Waals surface area contributed by atoms with Gasteiger partial charge >= 0.3 is 0 Å². The van der Waals surface area contributed by atoms with Crippen LogP contribution in [-0.4, -0.2) is 54.7 Å². The Morgan fingerprint density at radius 1 is 1.36 bits per heavy atom. The zero-order valence-corrected chi connectivity index (χ0v) is 10.0. The standard InChI is InChI=1S/C11H23FN2/c1-11(2,3)14-7-9(12)6-10(14)8-13(4)5/h9-10H,6-8H2,1-5H3/t9-,10-/m1/s1. The summed E-state index contributed by atoms with van der Waals surface area (Å²) in [5.41, 5.74) is 0.0848. The fraction of sp³-hybridized carbons (Fsp3) is 1.00. The largest absolute Gasteiger partial charge is 0.308 e. The first-order valence-electron chi connectivity index (χ1n) is 5.36. The molecule has 1 saturated heterocycles. The molecule has 1 rings (SSSR count). The Bertz CT molecular complexity index is 186. The highest BCUT2D eigenvalue weighted by Crippen LogP contribution is 2.28. The van der Waals surface area contributed by atoms with Gasteiger partial charge < -0.3 is 4.90 Å². The highest BCUT2D eigenvalue weighted by molar-refractivity contribution is 4.93. The van der Waals surface area contributed by atoms with E-state index < -0.39 is 6.17 Å². The first-order chi connectivity index (χ1) is 6.30. The van der Waals surface area contributed by atoms with Crippen LogP contribution in [-0.2, 0) is 0 Å². The molecule has 1 fully saturated rings. The molecule has 0 aromatic carbocycles. The van der Waals surface area contributed by atoms with Crippen LogP contribution in [0.25, 0.3) is 0 Å². The molecule has 0 amide bonds. The Balaban J connectivity index is 2.63. The van der Waals surface area contributed by atoms with Gasteiger partial charge in [-0.1, -0.05) is 0 Å². The number of hydrogen-bond acceptors (Lipinski definition) is 2. The molecular formula is C11H23FN2. The van der Waals surface area contributed by atoms with Gasteiger partial charge in [-0.15, -0.1) is 0 Å². The number of nitrogens with zero attached hydrogens (tertiary/aromatic N) is 2. The van der Waals surface area contributed by atoms with E-state index in [0.717, 1.165) is 6.54 Å². The van der Waals surface area contributed by atoms with Gasteiger partial charge in [0.2, 0.25) is 0 Å². The van der Waals surface area contributed by atoms with Gasteiger partial charge in [0, 0.05) is 24.7 Å². The molecule has 2 nitrogen and oxygen atoms in total. The van der Waals surface area contributed by atoms with E-state index in [-0.39, 0.29) is 5.54 Å². The van der Waals surface area contributed by atoms with E-state index in [0.29, 0.717) is 19.0 Å². The van der Waals surface area contributed by atoms with Gasteiger partial charge in [-0.25, -0.2) is 4.39 Å². The number of hydrogen-bond donors (Lipinski definition) is 0. The fourth-order valence-electron chi connectivity index (χ4n) is 2.28. The molecule has 0 aliphatic carbocycles. The molecule has 0 aromatic heterocycles. The van der Waals surface area contributed by atoms with E-state index in [9.17, 15) is 4.39 Å². The van der Waals surface area contributed by atoms with Crippen LogP contribution in [0, 0.1) is 0 Å². The summed E-state index contributed by atoms with van der Waals surface area (Å²) < 4.78 is 13.3. The average molecular weight is 202 g/mol. The van der Waals surface area contributed by atoms with E-state index >= 15 is 0 Å². The molecule has 0 bridgehead atoms. The van der Waals surface area contributed by atoms with Crippen LogP contribution in [0.2, 0.25) is 0 Å². The van der Waals surface area contributed by atoms with E-state index in [2.05, 4.69) is 30.6 Å². The first kappa shape index (κ1) is 11.9. The second kappa shape index (κ2) is 4.15. The quantitative estimate of drug-likeness (QED) is 0.673. The Morgan fingerprint density at radius 3 is 2.36 bits per heavy atom. The fourth-order valence-corrected chi connectivity index (χ4v) is 2.28. The third kappa shape index (κ3) is 2.92. The number of likely N-dealkylation sites (N-methyl/N-ethyl adjacent to an activating group) is 1. The van der Waals surface area contributed by atoms with Crippen molar-refractivity contribution in [2.75, 3.05) is 27.2 Å². The summed E-state index contributed by atoms with van der Waals surface area (Å²) in [5.74, 6) is 0. The van der Waals surface area contributed by atoms with Gasteiger partial charge in [0.1, 0.15) is 6.17 Å². The van der Waals surface area contributed by atoms with Crippen molar-refractivity contribution in [2.45, 2.75) is 44.9 Å². The Labute approximate surface area is 87.1 Å². The van der Waals surface area contributed by atoms with Gasteiger partial charge in [-0.3, -0.25) is 4.90 Å². The lowest BCUT2D eigenvalue weighted by Gasteiger charge is -2.37. The van der Waals surface area contributed by atoms with Crippen LogP contribution in [0.4, 0.5) is 4.39 Å². The lowest BCUT2D eigenvalue weighted by molar-refractivity contribution is 0.100. The van der Waals surface area contributed by atoms with Gasteiger partial charge in [-0.05, 0) is 41.3 Å². The SMILES string of the molecule is CN(C)C[C@H]1C[C@@H](F)CN1C(C)(C)C. The lowest BCUT2D eigenvalue weighted by Crippen LogP contribution is -2.48. The highest BCUT2D eigenvalue weighted by atomic mass is 19.1. The summed E-state index contributed by atoms with van der Waals surface area (Å²) in [7, 11) is 4.10. The topological polar surface area (TPSA) is 6.48 Å². The van der Waals surface area contributed by atoms with Crippen molar-refractivity contribution in [3.63, 3.8) is 0 Å². The zero-order chi connectivity index (χ0) is 10.9. The van der Waals surface area contributed by atoms with Crippen molar-refractivity contribution in [2.24, 2.45) is 0 Å². The van der Waals surface area contributed by atoms with E-state index in [1.165, 1.54) is 0 Å². The summed E-state index contributed by atoms with van der Waals surface area (Å²) in [6, 6.07) is 0.375. The maximum Gasteiger partial charge on any atom is 0.114 e. The summed E-state index contributed by atoms with van der Waals surface area (Å²) in [6.45, 7) is 8.04. The minimum atomic E-state index is -0.640. The van der Waals surface area contributed by atoms with Gasteiger partial charge in [0.25, 0.3) is 0 Å². The van der Waals surface area contributed by atoms with Crippen molar-refractivity contribution < 1.29 is 4.39 Å². The van der Waals surface area contributed by atoms with Gasteiger partial charge in [0.05, 0.1) is 0 Å². The molecule has 1 aliphatic heterocycles. The average Bonchev–Trinajstić information content (AvgIpc) is 2.28. The summed E-state index contributed by atoms with van der Waals surface area (Å²) in [5, 5.41) is 0. The molecular weight excluding hydrogens is 179 g/mol. The molecule has 1 aliphatic rings. The van der Waals surface area contributed by atoms with Crippen LogP contribution < -0.4 is 0 Å². The molecule has 14 heavy (non-hydrogen) atoms. The van der Waals surface area contributed by atoms with Crippen molar-refractivity contribution in [1.82, 2.24) is 9.80 Å². The van der Waals surface area contributed by atoms with Crippen molar-refractivity contribution in [1.29, 1.82) is 0 Å². The smallest absolute Gasteiger partial charge is 0.114 e. The third-order valence-corrected chi connectivity index (χ3v) is 2.80. The Kier molecular flexibility index (Phi) is 3.53. The van der Waals surface area contributed by atoms with Crippen LogP contribution in [0.1, 0.15) is 27.2 Å². The predicted octanol–water partition coefficient (Wildman–Crippen LogP) is 1.76. The van der Waals surface area contributed by atoms with Gasteiger partial charge in [0.15, 0.2) is 0 Å². The molecule has 0 N–H and O–H groups in total. The molecule has 0 spiro atoms. The van der Waals surface area contributed by atoms with Crippen LogP contribution in [0.5, 0.6) is 0 Å². The molecule has 84 valence electrons. The van der Waals surface area contributed by atoms with Crippen molar-refractivity contribution in [3.05, 3.63) is 0 Å². The third-order valence-electron chi connectivity index (χ3n) is 2.80. The van der Waals surface area contributed by atoms with Crippen molar-refractivity contribution >= 4 is 0 Å². The number of alkyl halides is 1. The van der Waals surface area contributed by atoms with E-state index in [1.807, 2.05) is 14.1 Å². The minimum absolute atomic E-state index is 0.0848. The Morgan fingerprint density at radius 2 is 1.93 bits per heavy atom. The predicted molar refractivity (Wildman–Crippen MR) is 58.3 cm³/mol. The van der Waals surface area contributed by atoms with Crippen LogP contribution >= 0.6 is 0 Å². The van der Waals surface area contributed by atoms with E-state index in [4.69, 9.17) is 0 Å². The molecule has 0 saturated carbocycles. The maximum absolute atomic E-state index is 13.3. The number of likely N-dealkylation sites (tertiary alicyclic amines) is 1. The summed E-state index contributed by atoms with van der Waals surface area (Å²) in [4.78, 5) is 4.43. The molecule has 0 aromatic rings.